The number of halogens is 1. The van der Waals surface area contributed by atoms with Crippen molar-refractivity contribution >= 4 is 23.5 Å². The maximum Gasteiger partial charge on any atom is 0.339 e. The Kier molecular flexibility index (Phi) is 4.92. The molecule has 1 rings (SSSR count). The van der Waals surface area contributed by atoms with Crippen LogP contribution in [0.3, 0.4) is 0 Å². The Hall–Kier alpha value is -1.81. The van der Waals surface area contributed by atoms with Gasteiger partial charge in [-0.25, -0.2) is 4.79 Å². The zero-order chi connectivity index (χ0) is 13.7. The van der Waals surface area contributed by atoms with Crippen LogP contribution in [0.15, 0.2) is 30.5 Å². The lowest BCUT2D eigenvalue weighted by Crippen LogP contribution is -2.07. The molecule has 1 aromatic rings. The molecular weight excluding hydrogens is 256 g/mol. The molecule has 0 spiro atoms. The second-order valence-corrected chi connectivity index (χ2v) is 4.07. The van der Waals surface area contributed by atoms with E-state index in [-0.39, 0.29) is 17.0 Å². The van der Waals surface area contributed by atoms with Crippen molar-refractivity contribution in [1.82, 2.24) is 0 Å². The summed E-state index contributed by atoms with van der Waals surface area (Å²) >= 11 is 5.92. The molecule has 0 saturated carbocycles. The molecule has 0 amide bonds. The largest absolute Gasteiger partial charge is 0.465 e. The summed E-state index contributed by atoms with van der Waals surface area (Å²) < 4.78 is 9.39. The maximum absolute atomic E-state index is 11.4. The molecule has 0 N–H and O–H groups in total. The van der Waals surface area contributed by atoms with Gasteiger partial charge in [-0.05, 0) is 24.6 Å². The zero-order valence-electron chi connectivity index (χ0n) is 10.2. The molecule has 0 atom stereocenters. The fourth-order valence-corrected chi connectivity index (χ4v) is 1.62. The Morgan fingerprint density at radius 3 is 2.56 bits per heavy atom. The smallest absolute Gasteiger partial charge is 0.339 e. The molecule has 0 aliphatic heterocycles. The lowest BCUT2D eigenvalue weighted by atomic mass is 10.1. The van der Waals surface area contributed by atoms with E-state index in [4.69, 9.17) is 16.3 Å². The molecule has 0 saturated heterocycles. The summed E-state index contributed by atoms with van der Waals surface area (Å²) in [6.07, 6.45) is 0.0635. The molecule has 0 radical (unpaired) electrons. The highest BCUT2D eigenvalue weighted by atomic mass is 35.5. The fourth-order valence-electron chi connectivity index (χ4n) is 1.34. The zero-order valence-corrected chi connectivity index (χ0v) is 10.9. The van der Waals surface area contributed by atoms with E-state index >= 15 is 0 Å². The van der Waals surface area contributed by atoms with Gasteiger partial charge in [0.15, 0.2) is 0 Å². The van der Waals surface area contributed by atoms with Crippen LogP contribution >= 0.6 is 11.6 Å². The summed E-state index contributed by atoms with van der Waals surface area (Å²) in [5.74, 6) is -0.613. The second-order valence-electron chi connectivity index (χ2n) is 3.66. The third kappa shape index (κ3) is 3.89. The summed E-state index contributed by atoms with van der Waals surface area (Å²) in [5.41, 5.74) is 0.912. The highest BCUT2D eigenvalue weighted by Crippen LogP contribution is 2.19. The standard InChI is InChI=1S/C13H13ClO4/c1-8(2)18-12(15)7-9-4-5-10(11(14)6-9)13(16)17-3/h4-6H,1,7H2,2-3H3. The van der Waals surface area contributed by atoms with Crippen molar-refractivity contribution in [3.63, 3.8) is 0 Å². The molecule has 0 unspecified atom stereocenters. The van der Waals surface area contributed by atoms with Crippen molar-refractivity contribution in [2.75, 3.05) is 7.11 Å². The van der Waals surface area contributed by atoms with E-state index in [9.17, 15) is 9.59 Å². The number of esters is 2. The number of ether oxygens (including phenoxy) is 2. The maximum atomic E-state index is 11.4. The number of benzene rings is 1. The number of hydrogen-bond acceptors (Lipinski definition) is 4. The molecule has 1 aromatic carbocycles. The quantitative estimate of drug-likeness (QED) is 0.622. The van der Waals surface area contributed by atoms with Crippen molar-refractivity contribution < 1.29 is 19.1 Å². The van der Waals surface area contributed by atoms with Crippen molar-refractivity contribution in [3.05, 3.63) is 46.7 Å². The van der Waals surface area contributed by atoms with E-state index < -0.39 is 11.9 Å². The second kappa shape index (κ2) is 6.21. The van der Waals surface area contributed by atoms with Gasteiger partial charge in [-0.3, -0.25) is 4.79 Å². The first kappa shape index (κ1) is 14.3. The molecule has 0 aliphatic carbocycles. The van der Waals surface area contributed by atoms with Crippen molar-refractivity contribution in [2.24, 2.45) is 0 Å². The van der Waals surface area contributed by atoms with E-state index in [2.05, 4.69) is 11.3 Å². The van der Waals surface area contributed by atoms with Gasteiger partial charge in [0.2, 0.25) is 0 Å². The number of carbonyl (C=O) groups is 2. The Labute approximate surface area is 110 Å². The van der Waals surface area contributed by atoms with Gasteiger partial charge in [-0.2, -0.15) is 0 Å². The van der Waals surface area contributed by atoms with Crippen LogP contribution in [0.5, 0.6) is 0 Å². The Balaban J connectivity index is 2.82. The van der Waals surface area contributed by atoms with Crippen LogP contribution in [-0.2, 0) is 20.7 Å². The molecule has 18 heavy (non-hydrogen) atoms. The van der Waals surface area contributed by atoms with E-state index in [1.165, 1.54) is 19.2 Å². The predicted octanol–water partition coefficient (Wildman–Crippen LogP) is 2.75. The molecule has 5 heteroatoms. The van der Waals surface area contributed by atoms with Crippen LogP contribution in [0.2, 0.25) is 5.02 Å². The number of methoxy groups -OCH3 is 1. The Morgan fingerprint density at radius 2 is 2.06 bits per heavy atom. The first-order chi connectivity index (χ1) is 8.43. The van der Waals surface area contributed by atoms with Crippen LogP contribution in [-0.4, -0.2) is 19.0 Å². The average Bonchev–Trinajstić information content (AvgIpc) is 2.27. The van der Waals surface area contributed by atoms with E-state index in [1.54, 1.807) is 13.0 Å². The van der Waals surface area contributed by atoms with Crippen LogP contribution in [0.1, 0.15) is 22.8 Å². The first-order valence-corrected chi connectivity index (χ1v) is 5.54. The highest BCUT2D eigenvalue weighted by molar-refractivity contribution is 6.33. The molecule has 0 aliphatic rings. The highest BCUT2D eigenvalue weighted by Gasteiger charge is 2.12. The lowest BCUT2D eigenvalue weighted by Gasteiger charge is -2.06. The number of carbonyl (C=O) groups excluding carboxylic acids is 2. The van der Waals surface area contributed by atoms with Crippen LogP contribution in [0, 0.1) is 0 Å². The van der Waals surface area contributed by atoms with Crippen molar-refractivity contribution in [1.29, 1.82) is 0 Å². The van der Waals surface area contributed by atoms with E-state index in [0.717, 1.165) is 0 Å². The van der Waals surface area contributed by atoms with Gasteiger partial charge >= 0.3 is 11.9 Å². The van der Waals surface area contributed by atoms with Crippen molar-refractivity contribution in [3.8, 4) is 0 Å². The van der Waals surface area contributed by atoms with E-state index in [1.807, 2.05) is 0 Å². The number of allylic oxidation sites excluding steroid dienone is 1. The third-order valence-corrected chi connectivity index (χ3v) is 2.39. The Bertz CT molecular complexity index is 494. The molecule has 96 valence electrons. The van der Waals surface area contributed by atoms with Crippen LogP contribution in [0.4, 0.5) is 0 Å². The van der Waals surface area contributed by atoms with Gasteiger partial charge in [0.05, 0.1) is 29.9 Å². The minimum absolute atomic E-state index is 0.0635. The normalized spacial score (nSPS) is 9.72. The molecule has 0 bridgehead atoms. The van der Waals surface area contributed by atoms with Crippen molar-refractivity contribution in [2.45, 2.75) is 13.3 Å². The topological polar surface area (TPSA) is 52.6 Å². The minimum Gasteiger partial charge on any atom is -0.465 e. The molecule has 4 nitrogen and oxygen atoms in total. The first-order valence-electron chi connectivity index (χ1n) is 5.17. The monoisotopic (exact) mass is 268 g/mol. The number of hydrogen-bond donors (Lipinski definition) is 0. The van der Waals surface area contributed by atoms with Crippen LogP contribution < -0.4 is 0 Å². The van der Waals surface area contributed by atoms with Gasteiger partial charge < -0.3 is 9.47 Å². The lowest BCUT2D eigenvalue weighted by molar-refractivity contribution is -0.138. The fraction of sp³-hybridized carbons (Fsp3) is 0.231. The van der Waals surface area contributed by atoms with Gasteiger partial charge in [0.1, 0.15) is 0 Å². The molecular formula is C13H13ClO4. The third-order valence-electron chi connectivity index (χ3n) is 2.08. The summed E-state index contributed by atoms with van der Waals surface area (Å²) in [6, 6.07) is 4.67. The Morgan fingerprint density at radius 1 is 1.39 bits per heavy atom. The van der Waals surface area contributed by atoms with Crippen LogP contribution in [0.25, 0.3) is 0 Å². The molecule has 0 aromatic heterocycles. The molecule has 0 heterocycles. The number of rotatable bonds is 4. The minimum atomic E-state index is -0.518. The SMILES string of the molecule is C=C(C)OC(=O)Cc1ccc(C(=O)OC)c(Cl)c1. The van der Waals surface area contributed by atoms with Gasteiger partial charge in [-0.15, -0.1) is 0 Å². The summed E-state index contributed by atoms with van der Waals surface area (Å²) in [5, 5.41) is 0.238. The predicted molar refractivity (Wildman–Crippen MR) is 67.4 cm³/mol. The average molecular weight is 269 g/mol. The summed E-state index contributed by atoms with van der Waals surface area (Å²) in [4.78, 5) is 22.7. The van der Waals surface area contributed by atoms with Gasteiger partial charge in [-0.1, -0.05) is 24.2 Å². The molecule has 0 fully saturated rings. The summed E-state index contributed by atoms with van der Waals surface area (Å²) in [6.45, 7) is 5.06. The van der Waals surface area contributed by atoms with E-state index in [0.29, 0.717) is 11.3 Å². The van der Waals surface area contributed by atoms with Gasteiger partial charge in [0, 0.05) is 0 Å². The van der Waals surface area contributed by atoms with Gasteiger partial charge in [0.25, 0.3) is 0 Å². The summed E-state index contributed by atoms with van der Waals surface area (Å²) in [7, 11) is 1.27.